The highest BCUT2D eigenvalue weighted by molar-refractivity contribution is 7.89. The summed E-state index contributed by atoms with van der Waals surface area (Å²) in [5.74, 6) is -0.454. The third-order valence-corrected chi connectivity index (χ3v) is 5.84. The van der Waals surface area contributed by atoms with Gasteiger partial charge in [-0.25, -0.2) is 12.8 Å². The summed E-state index contributed by atoms with van der Waals surface area (Å²) in [7, 11) is -3.64. The first-order valence-electron chi connectivity index (χ1n) is 8.06. The Bertz CT molecular complexity index is 641. The van der Waals surface area contributed by atoms with Gasteiger partial charge in [0, 0.05) is 45.8 Å². The Morgan fingerprint density at radius 1 is 1.17 bits per heavy atom. The van der Waals surface area contributed by atoms with E-state index in [4.69, 9.17) is 4.74 Å². The lowest BCUT2D eigenvalue weighted by Crippen LogP contribution is -2.50. The first kappa shape index (κ1) is 18.8. The van der Waals surface area contributed by atoms with Crippen molar-refractivity contribution >= 4 is 15.9 Å². The van der Waals surface area contributed by atoms with Crippen LogP contribution in [0.15, 0.2) is 29.2 Å². The molecule has 1 aromatic carbocycles. The van der Waals surface area contributed by atoms with Crippen molar-refractivity contribution < 1.29 is 22.3 Å². The van der Waals surface area contributed by atoms with Crippen molar-refractivity contribution in [1.29, 1.82) is 0 Å². The van der Waals surface area contributed by atoms with Crippen molar-refractivity contribution in [1.82, 2.24) is 9.21 Å². The number of rotatable bonds is 7. The molecule has 134 valence electrons. The smallest absolute Gasteiger partial charge is 0.243 e. The van der Waals surface area contributed by atoms with Gasteiger partial charge < -0.3 is 9.64 Å². The predicted octanol–water partition coefficient (Wildman–Crippen LogP) is 1.48. The van der Waals surface area contributed by atoms with Gasteiger partial charge in [-0.3, -0.25) is 4.79 Å². The van der Waals surface area contributed by atoms with Gasteiger partial charge in [-0.2, -0.15) is 4.31 Å². The topological polar surface area (TPSA) is 66.9 Å². The minimum atomic E-state index is -3.64. The normalized spacial score (nSPS) is 16.3. The molecule has 8 heteroatoms. The molecule has 2 rings (SSSR count). The van der Waals surface area contributed by atoms with Crippen molar-refractivity contribution in [3.05, 3.63) is 30.1 Å². The maximum atomic E-state index is 12.9. The fraction of sp³-hybridized carbons (Fsp3) is 0.562. The zero-order valence-corrected chi connectivity index (χ0v) is 14.6. The van der Waals surface area contributed by atoms with E-state index in [0.29, 0.717) is 39.1 Å². The molecule has 1 saturated heterocycles. The minimum absolute atomic E-state index is 0.0218. The molecule has 0 unspecified atom stereocenters. The zero-order valence-electron chi connectivity index (χ0n) is 13.8. The van der Waals surface area contributed by atoms with E-state index < -0.39 is 15.8 Å². The van der Waals surface area contributed by atoms with E-state index >= 15 is 0 Å². The Hall–Kier alpha value is -1.51. The van der Waals surface area contributed by atoms with Crippen LogP contribution in [0.25, 0.3) is 0 Å². The van der Waals surface area contributed by atoms with Crippen LogP contribution in [0.2, 0.25) is 0 Å². The lowest BCUT2D eigenvalue weighted by atomic mass is 10.2. The lowest BCUT2D eigenvalue weighted by molar-refractivity contribution is -0.132. The molecular weight excluding hydrogens is 335 g/mol. The van der Waals surface area contributed by atoms with Gasteiger partial charge in [-0.05, 0) is 37.6 Å². The highest BCUT2D eigenvalue weighted by Crippen LogP contribution is 2.18. The van der Waals surface area contributed by atoms with Gasteiger partial charge in [0.25, 0.3) is 0 Å². The Balaban J connectivity index is 1.87. The molecule has 1 amide bonds. The van der Waals surface area contributed by atoms with Crippen molar-refractivity contribution in [2.45, 2.75) is 24.7 Å². The first-order chi connectivity index (χ1) is 11.4. The summed E-state index contributed by atoms with van der Waals surface area (Å²) in [6.45, 7) is 4.33. The third kappa shape index (κ3) is 4.75. The number of halogens is 1. The van der Waals surface area contributed by atoms with E-state index in [0.717, 1.165) is 12.1 Å². The monoisotopic (exact) mass is 358 g/mol. The Kier molecular flexibility index (Phi) is 6.70. The van der Waals surface area contributed by atoms with Gasteiger partial charge in [0.2, 0.25) is 15.9 Å². The zero-order chi connectivity index (χ0) is 17.6. The van der Waals surface area contributed by atoms with Crippen LogP contribution in [0.4, 0.5) is 4.39 Å². The van der Waals surface area contributed by atoms with Crippen molar-refractivity contribution in [2.75, 3.05) is 39.4 Å². The van der Waals surface area contributed by atoms with Crippen LogP contribution in [0.3, 0.4) is 0 Å². The van der Waals surface area contributed by atoms with E-state index in [1.165, 1.54) is 16.4 Å². The SMILES string of the molecule is CCOCCCC(=O)N1CCN(S(=O)(=O)c2ccc(F)cc2)CC1. The molecule has 1 aromatic rings. The van der Waals surface area contributed by atoms with Crippen molar-refractivity contribution in [3.8, 4) is 0 Å². The predicted molar refractivity (Wildman–Crippen MR) is 87.5 cm³/mol. The Labute approximate surface area is 142 Å². The van der Waals surface area contributed by atoms with E-state index in [1.807, 2.05) is 6.92 Å². The number of hydrogen-bond donors (Lipinski definition) is 0. The van der Waals surface area contributed by atoms with Gasteiger partial charge in [0.15, 0.2) is 0 Å². The van der Waals surface area contributed by atoms with Gasteiger partial charge in [0.05, 0.1) is 4.90 Å². The molecule has 0 radical (unpaired) electrons. The average Bonchev–Trinajstić information content (AvgIpc) is 2.59. The van der Waals surface area contributed by atoms with E-state index in [1.54, 1.807) is 4.90 Å². The quantitative estimate of drug-likeness (QED) is 0.693. The molecule has 0 bridgehead atoms. The minimum Gasteiger partial charge on any atom is -0.382 e. The number of nitrogens with zero attached hydrogens (tertiary/aromatic N) is 2. The third-order valence-electron chi connectivity index (χ3n) is 3.93. The standard InChI is InChI=1S/C16H23FN2O4S/c1-2-23-13-3-4-16(20)18-9-11-19(12-10-18)24(21,22)15-7-5-14(17)6-8-15/h5-8H,2-4,9-13H2,1H3. The highest BCUT2D eigenvalue weighted by atomic mass is 32.2. The number of ether oxygens (including phenoxy) is 1. The van der Waals surface area contributed by atoms with Crippen molar-refractivity contribution in [2.24, 2.45) is 0 Å². The van der Waals surface area contributed by atoms with Crippen LogP contribution < -0.4 is 0 Å². The van der Waals surface area contributed by atoms with Crippen LogP contribution in [0.5, 0.6) is 0 Å². The maximum Gasteiger partial charge on any atom is 0.243 e. The summed E-state index contributed by atoms with van der Waals surface area (Å²) in [5.41, 5.74) is 0. The molecule has 1 heterocycles. The second-order valence-electron chi connectivity index (χ2n) is 5.54. The molecule has 0 atom stereocenters. The molecular formula is C16H23FN2O4S. The fourth-order valence-corrected chi connectivity index (χ4v) is 3.98. The van der Waals surface area contributed by atoms with E-state index in [-0.39, 0.29) is 23.9 Å². The van der Waals surface area contributed by atoms with Crippen LogP contribution in [0.1, 0.15) is 19.8 Å². The first-order valence-corrected chi connectivity index (χ1v) is 9.50. The number of hydrogen-bond acceptors (Lipinski definition) is 4. The maximum absolute atomic E-state index is 12.9. The average molecular weight is 358 g/mol. The van der Waals surface area contributed by atoms with E-state index in [2.05, 4.69) is 0 Å². The molecule has 0 N–H and O–H groups in total. The van der Waals surface area contributed by atoms with Gasteiger partial charge in [0.1, 0.15) is 5.82 Å². The van der Waals surface area contributed by atoms with Gasteiger partial charge in [-0.15, -0.1) is 0 Å². The number of benzene rings is 1. The summed E-state index contributed by atoms with van der Waals surface area (Å²) >= 11 is 0. The Morgan fingerprint density at radius 2 is 1.79 bits per heavy atom. The molecule has 1 fully saturated rings. The summed E-state index contributed by atoms with van der Waals surface area (Å²) in [6.07, 6.45) is 1.07. The lowest BCUT2D eigenvalue weighted by Gasteiger charge is -2.34. The Morgan fingerprint density at radius 3 is 2.38 bits per heavy atom. The summed E-state index contributed by atoms with van der Waals surface area (Å²) in [6, 6.07) is 4.78. The van der Waals surface area contributed by atoms with Crippen LogP contribution in [0, 0.1) is 5.82 Å². The number of carbonyl (C=O) groups excluding carboxylic acids is 1. The van der Waals surface area contributed by atoms with Crippen LogP contribution >= 0.6 is 0 Å². The summed E-state index contributed by atoms with van der Waals surface area (Å²) < 4.78 is 44.5. The number of piperazine rings is 1. The molecule has 0 aromatic heterocycles. The van der Waals surface area contributed by atoms with Crippen LogP contribution in [-0.4, -0.2) is 62.9 Å². The summed E-state index contributed by atoms with van der Waals surface area (Å²) in [4.78, 5) is 13.8. The number of carbonyl (C=O) groups is 1. The van der Waals surface area contributed by atoms with Gasteiger partial charge in [-0.1, -0.05) is 0 Å². The second-order valence-corrected chi connectivity index (χ2v) is 7.48. The molecule has 1 aliphatic heterocycles. The molecule has 0 aliphatic carbocycles. The number of amides is 1. The number of sulfonamides is 1. The molecule has 0 spiro atoms. The molecule has 1 aliphatic rings. The van der Waals surface area contributed by atoms with E-state index in [9.17, 15) is 17.6 Å². The molecule has 6 nitrogen and oxygen atoms in total. The molecule has 0 saturated carbocycles. The second kappa shape index (κ2) is 8.55. The molecule has 24 heavy (non-hydrogen) atoms. The largest absolute Gasteiger partial charge is 0.382 e. The summed E-state index contributed by atoms with van der Waals surface area (Å²) in [5, 5.41) is 0. The van der Waals surface area contributed by atoms with Crippen LogP contribution in [-0.2, 0) is 19.6 Å². The highest BCUT2D eigenvalue weighted by Gasteiger charge is 2.29. The van der Waals surface area contributed by atoms with Crippen molar-refractivity contribution in [3.63, 3.8) is 0 Å². The van der Waals surface area contributed by atoms with Gasteiger partial charge >= 0.3 is 0 Å². The fourth-order valence-electron chi connectivity index (χ4n) is 2.56.